The highest BCUT2D eigenvalue weighted by Gasteiger charge is 2.02. The Bertz CT molecular complexity index is 508. The molecule has 6 heteroatoms. The van der Waals surface area contributed by atoms with E-state index >= 15 is 0 Å². The van der Waals surface area contributed by atoms with Gasteiger partial charge in [0.1, 0.15) is 5.01 Å². The number of alkyl halides is 1. The second-order valence-corrected chi connectivity index (χ2v) is 4.12. The zero-order valence-corrected chi connectivity index (χ0v) is 9.33. The molecule has 0 aromatic carbocycles. The van der Waals surface area contributed by atoms with Gasteiger partial charge in [-0.2, -0.15) is 0 Å². The molecule has 0 amide bonds. The third kappa shape index (κ3) is 2.43. The first-order chi connectivity index (χ1) is 7.29. The molecule has 0 N–H and O–H groups in total. The van der Waals surface area contributed by atoms with Gasteiger partial charge in [0.05, 0.1) is 24.4 Å². The number of thiazole rings is 1. The van der Waals surface area contributed by atoms with E-state index < -0.39 is 0 Å². The monoisotopic (exact) mass is 241 g/mol. The summed E-state index contributed by atoms with van der Waals surface area (Å²) in [6.45, 7) is 0.453. The van der Waals surface area contributed by atoms with E-state index in [0.29, 0.717) is 12.4 Å². The normalized spacial score (nSPS) is 10.5. The van der Waals surface area contributed by atoms with Crippen LogP contribution in [0.1, 0.15) is 10.7 Å². The van der Waals surface area contributed by atoms with E-state index in [9.17, 15) is 4.79 Å². The van der Waals surface area contributed by atoms with Gasteiger partial charge in [-0.25, -0.2) is 9.97 Å². The van der Waals surface area contributed by atoms with Crippen LogP contribution in [0, 0.1) is 0 Å². The molecule has 0 atom stereocenters. The summed E-state index contributed by atoms with van der Waals surface area (Å²) in [7, 11) is 0. The average molecular weight is 242 g/mol. The SMILES string of the molecule is O=c1ccncn1Cc1nc(CCl)cs1. The number of aromatic nitrogens is 3. The lowest BCUT2D eigenvalue weighted by molar-refractivity contribution is 0.729. The first-order valence-corrected chi connectivity index (χ1v) is 5.70. The molecule has 4 nitrogen and oxygen atoms in total. The van der Waals surface area contributed by atoms with Gasteiger partial charge in [-0.15, -0.1) is 22.9 Å². The largest absolute Gasteiger partial charge is 0.292 e. The van der Waals surface area contributed by atoms with Crippen LogP contribution in [-0.2, 0) is 12.4 Å². The highest BCUT2D eigenvalue weighted by atomic mass is 35.5. The number of hydrogen-bond acceptors (Lipinski definition) is 4. The van der Waals surface area contributed by atoms with E-state index in [1.807, 2.05) is 5.38 Å². The van der Waals surface area contributed by atoms with Crippen molar-refractivity contribution in [1.29, 1.82) is 0 Å². The maximum absolute atomic E-state index is 11.4. The number of halogens is 1. The van der Waals surface area contributed by atoms with E-state index in [1.54, 1.807) is 0 Å². The number of nitrogens with zero attached hydrogens (tertiary/aromatic N) is 3. The molecule has 0 spiro atoms. The van der Waals surface area contributed by atoms with Crippen molar-refractivity contribution >= 4 is 22.9 Å². The molecule has 0 unspecified atom stereocenters. The second-order valence-electron chi connectivity index (χ2n) is 2.91. The maximum atomic E-state index is 11.4. The van der Waals surface area contributed by atoms with Crippen molar-refractivity contribution in [2.75, 3.05) is 0 Å². The summed E-state index contributed by atoms with van der Waals surface area (Å²) in [5.41, 5.74) is 0.765. The molecule has 0 saturated heterocycles. The van der Waals surface area contributed by atoms with Crippen molar-refractivity contribution in [1.82, 2.24) is 14.5 Å². The van der Waals surface area contributed by atoms with Crippen LogP contribution < -0.4 is 5.56 Å². The molecule has 2 aromatic heterocycles. The van der Waals surface area contributed by atoms with Crippen LogP contribution in [0.25, 0.3) is 0 Å². The Morgan fingerprint density at radius 2 is 2.40 bits per heavy atom. The Balaban J connectivity index is 2.22. The smallest absolute Gasteiger partial charge is 0.253 e. The highest BCUT2D eigenvalue weighted by Crippen LogP contribution is 2.11. The van der Waals surface area contributed by atoms with Crippen molar-refractivity contribution in [2.45, 2.75) is 12.4 Å². The molecule has 2 heterocycles. The molecule has 0 radical (unpaired) electrons. The summed E-state index contributed by atoms with van der Waals surface area (Å²) >= 11 is 7.13. The predicted molar refractivity (Wildman–Crippen MR) is 59.3 cm³/mol. The van der Waals surface area contributed by atoms with Gasteiger partial charge in [0.25, 0.3) is 5.56 Å². The fourth-order valence-corrected chi connectivity index (χ4v) is 2.15. The molecule has 0 fully saturated rings. The molecule has 2 aromatic rings. The fraction of sp³-hybridized carbons (Fsp3) is 0.222. The summed E-state index contributed by atoms with van der Waals surface area (Å²) < 4.78 is 1.51. The average Bonchev–Trinajstić information content (AvgIpc) is 2.69. The van der Waals surface area contributed by atoms with Crippen molar-refractivity contribution in [3.8, 4) is 0 Å². The zero-order valence-electron chi connectivity index (χ0n) is 7.76. The van der Waals surface area contributed by atoms with Gasteiger partial charge < -0.3 is 0 Å². The van der Waals surface area contributed by atoms with Crippen LogP contribution in [0.5, 0.6) is 0 Å². The van der Waals surface area contributed by atoms with E-state index in [1.165, 1.54) is 34.5 Å². The molecule has 0 bridgehead atoms. The van der Waals surface area contributed by atoms with Gasteiger partial charge in [-0.1, -0.05) is 0 Å². The van der Waals surface area contributed by atoms with Gasteiger partial charge in [-0.05, 0) is 0 Å². The fourth-order valence-electron chi connectivity index (χ4n) is 1.13. The van der Waals surface area contributed by atoms with Gasteiger partial charge in [-0.3, -0.25) is 9.36 Å². The Morgan fingerprint density at radius 3 is 3.07 bits per heavy atom. The molecule has 0 aliphatic heterocycles. The Kier molecular flexibility index (Phi) is 3.13. The molecular formula is C9H8ClN3OS. The Labute approximate surface area is 95.2 Å². The summed E-state index contributed by atoms with van der Waals surface area (Å²) in [5.74, 6) is 0.401. The van der Waals surface area contributed by atoms with Crippen LogP contribution >= 0.6 is 22.9 Å². The lowest BCUT2D eigenvalue weighted by atomic mass is 10.5. The topological polar surface area (TPSA) is 47.8 Å². The molecular weight excluding hydrogens is 234 g/mol. The van der Waals surface area contributed by atoms with Crippen LogP contribution in [0.15, 0.2) is 28.8 Å². The third-order valence-electron chi connectivity index (χ3n) is 1.83. The van der Waals surface area contributed by atoms with Crippen LogP contribution in [-0.4, -0.2) is 14.5 Å². The highest BCUT2D eigenvalue weighted by molar-refractivity contribution is 7.09. The quantitative estimate of drug-likeness (QED) is 0.765. The standard InChI is InChI=1S/C9H8ClN3OS/c10-3-7-5-15-8(12-7)4-13-6-11-2-1-9(13)14/h1-2,5-6H,3-4H2. The van der Waals surface area contributed by atoms with Gasteiger partial charge in [0, 0.05) is 17.6 Å². The number of hydrogen-bond donors (Lipinski definition) is 0. The van der Waals surface area contributed by atoms with Crippen LogP contribution in [0.3, 0.4) is 0 Å². The lowest BCUT2D eigenvalue weighted by Gasteiger charge is -1.99. The first kappa shape index (κ1) is 10.3. The lowest BCUT2D eigenvalue weighted by Crippen LogP contribution is -2.19. The van der Waals surface area contributed by atoms with E-state index in [-0.39, 0.29) is 5.56 Å². The zero-order chi connectivity index (χ0) is 10.7. The first-order valence-electron chi connectivity index (χ1n) is 4.29. The van der Waals surface area contributed by atoms with Crippen molar-refractivity contribution in [3.05, 3.63) is 45.0 Å². The summed E-state index contributed by atoms with van der Waals surface area (Å²) in [6.07, 6.45) is 2.98. The molecule has 2 rings (SSSR count). The number of rotatable bonds is 3. The molecule has 0 aliphatic rings. The Hall–Kier alpha value is -1.20. The van der Waals surface area contributed by atoms with E-state index in [2.05, 4.69) is 9.97 Å². The minimum absolute atomic E-state index is 0.0763. The van der Waals surface area contributed by atoms with Gasteiger partial charge in [0.15, 0.2) is 0 Å². The minimum atomic E-state index is -0.0763. The summed E-state index contributed by atoms with van der Waals surface area (Å²) in [5, 5.41) is 2.75. The third-order valence-corrected chi connectivity index (χ3v) is 2.99. The van der Waals surface area contributed by atoms with Crippen LogP contribution in [0.2, 0.25) is 0 Å². The molecule has 0 aliphatic carbocycles. The van der Waals surface area contributed by atoms with Crippen molar-refractivity contribution < 1.29 is 0 Å². The molecule has 78 valence electrons. The Morgan fingerprint density at radius 1 is 1.53 bits per heavy atom. The summed E-state index contributed by atoms with van der Waals surface area (Å²) in [4.78, 5) is 19.5. The second kappa shape index (κ2) is 4.55. The minimum Gasteiger partial charge on any atom is -0.292 e. The maximum Gasteiger partial charge on any atom is 0.253 e. The van der Waals surface area contributed by atoms with Crippen LogP contribution in [0.4, 0.5) is 0 Å². The van der Waals surface area contributed by atoms with Gasteiger partial charge in [0.2, 0.25) is 0 Å². The summed E-state index contributed by atoms with van der Waals surface area (Å²) in [6, 6.07) is 1.43. The van der Waals surface area contributed by atoms with Gasteiger partial charge >= 0.3 is 0 Å². The molecule has 15 heavy (non-hydrogen) atoms. The van der Waals surface area contributed by atoms with E-state index in [4.69, 9.17) is 11.6 Å². The van der Waals surface area contributed by atoms with Crippen molar-refractivity contribution in [3.63, 3.8) is 0 Å². The van der Waals surface area contributed by atoms with Crippen molar-refractivity contribution in [2.24, 2.45) is 0 Å². The molecule has 0 saturated carbocycles. The van der Waals surface area contributed by atoms with E-state index in [0.717, 1.165) is 10.7 Å². The predicted octanol–water partition coefficient (Wildman–Crippen LogP) is 1.49.